The summed E-state index contributed by atoms with van der Waals surface area (Å²) in [5, 5.41) is 1.17. The number of pyridine rings is 1. The molecule has 1 aromatic carbocycles. The van der Waals surface area contributed by atoms with E-state index in [0.717, 1.165) is 38.0 Å². The summed E-state index contributed by atoms with van der Waals surface area (Å²) in [5.74, 6) is -0.656. The van der Waals surface area contributed by atoms with Crippen LogP contribution in [0.4, 0.5) is 0 Å². The number of carbonyl (C=O) groups excluding carboxylic acids is 2. The number of methoxy groups -OCH3 is 1. The Morgan fingerprint density at radius 3 is 2.79 bits per heavy atom. The van der Waals surface area contributed by atoms with E-state index >= 15 is 0 Å². The number of carbonyl (C=O) groups is 2. The van der Waals surface area contributed by atoms with Gasteiger partial charge in [0.1, 0.15) is 0 Å². The number of hydrogen-bond donors (Lipinski definition) is 0. The van der Waals surface area contributed by atoms with Crippen molar-refractivity contribution < 1.29 is 14.3 Å². The summed E-state index contributed by atoms with van der Waals surface area (Å²) in [6, 6.07) is 10.3. The number of nitrogens with zero attached hydrogens (tertiary/aromatic N) is 3. The van der Waals surface area contributed by atoms with Crippen molar-refractivity contribution in [3.8, 4) is 0 Å². The molecule has 4 rings (SSSR count). The maximum atomic E-state index is 12.6. The largest absolute Gasteiger partial charge is 0.469 e. The third kappa shape index (κ3) is 3.42. The minimum absolute atomic E-state index is 0.0221. The molecular weight excluding hydrogens is 366 g/mol. The molecule has 2 fully saturated rings. The number of aromatic nitrogens is 1. The third-order valence-corrected chi connectivity index (χ3v) is 6.52. The van der Waals surface area contributed by atoms with E-state index < -0.39 is 11.5 Å². The molecule has 0 bridgehead atoms. The summed E-state index contributed by atoms with van der Waals surface area (Å²) >= 11 is 0. The molecule has 152 valence electrons. The fourth-order valence-corrected chi connectivity index (χ4v) is 5.02. The highest BCUT2D eigenvalue weighted by Crippen LogP contribution is 2.44. The number of para-hydroxylation sites is 1. The Labute approximate surface area is 171 Å². The molecule has 0 aliphatic carbocycles. The first-order valence-electron chi connectivity index (χ1n) is 10.1. The van der Waals surface area contributed by atoms with Gasteiger partial charge in [0.05, 0.1) is 24.1 Å². The summed E-state index contributed by atoms with van der Waals surface area (Å²) in [6.45, 7) is 6.75. The van der Waals surface area contributed by atoms with E-state index in [4.69, 9.17) is 4.74 Å². The molecule has 1 unspecified atom stereocenters. The average Bonchev–Trinajstić information content (AvgIpc) is 3.01. The van der Waals surface area contributed by atoms with Crippen molar-refractivity contribution in [2.24, 2.45) is 5.92 Å². The lowest BCUT2D eigenvalue weighted by Crippen LogP contribution is -2.57. The lowest BCUT2D eigenvalue weighted by Gasteiger charge is -2.47. The summed E-state index contributed by atoms with van der Waals surface area (Å²) in [4.78, 5) is 33.8. The lowest BCUT2D eigenvalue weighted by molar-refractivity contribution is -0.150. The minimum Gasteiger partial charge on any atom is -0.469 e. The molecule has 2 aliphatic rings. The van der Waals surface area contributed by atoms with Crippen LogP contribution >= 0.6 is 0 Å². The first kappa shape index (κ1) is 19.6. The number of likely N-dealkylation sites (tertiary alicyclic amines) is 2. The Kier molecular flexibility index (Phi) is 5.37. The second-order valence-electron chi connectivity index (χ2n) is 7.94. The zero-order valence-electron chi connectivity index (χ0n) is 16.8. The van der Waals surface area contributed by atoms with Gasteiger partial charge in [0.2, 0.25) is 5.91 Å². The van der Waals surface area contributed by atoms with E-state index in [9.17, 15) is 9.59 Å². The molecule has 29 heavy (non-hydrogen) atoms. The Morgan fingerprint density at radius 2 is 2.07 bits per heavy atom. The zero-order valence-corrected chi connectivity index (χ0v) is 16.8. The highest BCUT2D eigenvalue weighted by molar-refractivity contribution is 5.89. The van der Waals surface area contributed by atoms with Crippen LogP contribution in [0.3, 0.4) is 0 Å². The Balaban J connectivity index is 1.54. The minimum atomic E-state index is -0.463. The van der Waals surface area contributed by atoms with Crippen LogP contribution in [0.2, 0.25) is 0 Å². The number of ether oxygens (including phenoxy) is 1. The molecule has 1 atom stereocenters. The van der Waals surface area contributed by atoms with Gasteiger partial charge in [-0.15, -0.1) is 6.58 Å². The van der Waals surface area contributed by atoms with Crippen molar-refractivity contribution in [2.75, 3.05) is 26.7 Å². The van der Waals surface area contributed by atoms with E-state index in [1.165, 1.54) is 18.1 Å². The lowest BCUT2D eigenvalue weighted by atomic mass is 9.76. The molecular formula is C23H27N3O3. The molecule has 0 saturated carbocycles. The maximum Gasteiger partial charge on any atom is 0.311 e. The molecule has 6 heteroatoms. The highest BCUT2D eigenvalue weighted by atomic mass is 16.5. The third-order valence-electron chi connectivity index (χ3n) is 6.52. The van der Waals surface area contributed by atoms with Crippen LogP contribution in [0.25, 0.3) is 10.9 Å². The van der Waals surface area contributed by atoms with E-state index in [1.807, 2.05) is 29.3 Å². The van der Waals surface area contributed by atoms with Crippen molar-refractivity contribution in [3.05, 3.63) is 54.7 Å². The number of hydrogen-bond acceptors (Lipinski definition) is 5. The Morgan fingerprint density at radius 1 is 1.31 bits per heavy atom. The van der Waals surface area contributed by atoms with Gasteiger partial charge in [-0.05, 0) is 30.5 Å². The molecule has 2 aromatic rings. The predicted octanol–water partition coefficient (Wildman–Crippen LogP) is 2.78. The first-order valence-corrected chi connectivity index (χ1v) is 10.1. The van der Waals surface area contributed by atoms with Gasteiger partial charge in [0, 0.05) is 44.2 Å². The monoisotopic (exact) mass is 393 g/mol. The number of fused-ring (bicyclic) bond motifs is 1. The molecule has 2 aliphatic heterocycles. The van der Waals surface area contributed by atoms with Crippen LogP contribution in [0.5, 0.6) is 0 Å². The topological polar surface area (TPSA) is 62.7 Å². The van der Waals surface area contributed by atoms with Gasteiger partial charge in [-0.3, -0.25) is 19.5 Å². The molecule has 2 saturated heterocycles. The number of benzene rings is 1. The van der Waals surface area contributed by atoms with E-state index in [-0.39, 0.29) is 18.3 Å². The second kappa shape index (κ2) is 7.95. The highest BCUT2D eigenvalue weighted by Gasteiger charge is 2.56. The van der Waals surface area contributed by atoms with Crippen molar-refractivity contribution in [1.82, 2.24) is 14.8 Å². The molecule has 3 heterocycles. The fraction of sp³-hybridized carbons (Fsp3) is 0.435. The standard InChI is InChI=1S/C23H27N3O3/c1-3-12-26-21(27)15-19(22(28)29-2)23(26)9-13-25(14-10-23)16-17-8-11-24-20-7-5-4-6-18(17)20/h3-8,11,19H,1,9-10,12-16H2,2H3. The second-order valence-corrected chi connectivity index (χ2v) is 7.94. The maximum absolute atomic E-state index is 12.6. The molecule has 1 aromatic heterocycles. The number of rotatable bonds is 5. The van der Waals surface area contributed by atoms with Crippen molar-refractivity contribution >= 4 is 22.8 Å². The smallest absolute Gasteiger partial charge is 0.311 e. The van der Waals surface area contributed by atoms with E-state index in [0.29, 0.717) is 6.54 Å². The van der Waals surface area contributed by atoms with Gasteiger partial charge in [-0.25, -0.2) is 0 Å². The molecule has 1 amide bonds. The van der Waals surface area contributed by atoms with Crippen LogP contribution in [0.1, 0.15) is 24.8 Å². The summed E-state index contributed by atoms with van der Waals surface area (Å²) in [7, 11) is 1.40. The van der Waals surface area contributed by atoms with E-state index in [2.05, 4.69) is 28.6 Å². The van der Waals surface area contributed by atoms with Crippen LogP contribution < -0.4 is 0 Å². The van der Waals surface area contributed by atoms with Crippen molar-refractivity contribution in [3.63, 3.8) is 0 Å². The first-order chi connectivity index (χ1) is 14.1. The van der Waals surface area contributed by atoms with Gasteiger partial charge in [0.25, 0.3) is 0 Å². The van der Waals surface area contributed by atoms with Gasteiger partial charge >= 0.3 is 5.97 Å². The molecule has 6 nitrogen and oxygen atoms in total. The Hall–Kier alpha value is -2.73. The van der Waals surface area contributed by atoms with Gasteiger partial charge in [0.15, 0.2) is 0 Å². The Bertz CT molecular complexity index is 929. The van der Waals surface area contributed by atoms with Crippen LogP contribution in [0, 0.1) is 5.92 Å². The van der Waals surface area contributed by atoms with Crippen molar-refractivity contribution in [2.45, 2.75) is 31.3 Å². The summed E-state index contributed by atoms with van der Waals surface area (Å²) < 4.78 is 5.04. The average molecular weight is 393 g/mol. The number of esters is 1. The van der Waals surface area contributed by atoms with Gasteiger partial charge in [-0.2, -0.15) is 0 Å². The fourth-order valence-electron chi connectivity index (χ4n) is 5.02. The van der Waals surface area contributed by atoms with Crippen LogP contribution in [-0.4, -0.2) is 58.9 Å². The molecule has 0 radical (unpaired) electrons. The van der Waals surface area contributed by atoms with Gasteiger partial charge < -0.3 is 9.64 Å². The summed E-state index contributed by atoms with van der Waals surface area (Å²) in [5.41, 5.74) is 1.79. The van der Waals surface area contributed by atoms with E-state index in [1.54, 1.807) is 6.08 Å². The SMILES string of the molecule is C=CCN1C(=O)CC(C(=O)OC)C12CCN(Cc1ccnc3ccccc13)CC2. The molecule has 0 N–H and O–H groups in total. The number of piperidine rings is 1. The zero-order chi connectivity index (χ0) is 20.4. The molecule has 1 spiro atoms. The van der Waals surface area contributed by atoms with Crippen LogP contribution in [-0.2, 0) is 20.9 Å². The quantitative estimate of drug-likeness (QED) is 0.577. The predicted molar refractivity (Wildman–Crippen MR) is 111 cm³/mol. The number of amides is 1. The van der Waals surface area contributed by atoms with Gasteiger partial charge in [-0.1, -0.05) is 24.3 Å². The summed E-state index contributed by atoms with van der Waals surface area (Å²) in [6.07, 6.45) is 5.35. The van der Waals surface area contributed by atoms with Crippen LogP contribution in [0.15, 0.2) is 49.2 Å². The van der Waals surface area contributed by atoms with Crippen molar-refractivity contribution in [1.29, 1.82) is 0 Å². The normalized spacial score (nSPS) is 21.6.